The molecule has 4 heteroatoms. The van der Waals surface area contributed by atoms with Crippen molar-refractivity contribution in [2.75, 3.05) is 38.6 Å². The normalized spacial score (nSPS) is 20.3. The number of nitrogens with one attached hydrogen (secondary N) is 1. The predicted octanol–water partition coefficient (Wildman–Crippen LogP) is 3.65. The van der Waals surface area contributed by atoms with E-state index in [9.17, 15) is 0 Å². The smallest absolute Gasteiger partial charge is 0.0513 e. The molecule has 0 spiro atoms. The fourth-order valence-corrected chi connectivity index (χ4v) is 3.84. The quantitative estimate of drug-likeness (QED) is 0.841. The minimum Gasteiger partial charge on any atom is -0.366 e. The summed E-state index contributed by atoms with van der Waals surface area (Å²) in [6.07, 6.45) is 2.58. The Morgan fingerprint density at radius 2 is 2.19 bits per heavy atom. The van der Waals surface area contributed by atoms with Crippen LogP contribution in [-0.4, -0.2) is 44.7 Å². The van der Waals surface area contributed by atoms with Crippen LogP contribution in [0.2, 0.25) is 0 Å². The molecule has 1 aromatic carbocycles. The monoisotopic (exact) mass is 353 g/mol. The van der Waals surface area contributed by atoms with Gasteiger partial charge in [0.25, 0.3) is 0 Å². The van der Waals surface area contributed by atoms with Crippen molar-refractivity contribution in [2.24, 2.45) is 0 Å². The lowest BCUT2D eigenvalue weighted by Crippen LogP contribution is -2.37. The van der Waals surface area contributed by atoms with Gasteiger partial charge in [-0.05, 0) is 74.0 Å². The maximum absolute atomic E-state index is 3.79. The van der Waals surface area contributed by atoms with Gasteiger partial charge in [0.1, 0.15) is 0 Å². The van der Waals surface area contributed by atoms with Crippen molar-refractivity contribution in [3.63, 3.8) is 0 Å². The van der Waals surface area contributed by atoms with E-state index in [1.165, 1.54) is 35.1 Å². The van der Waals surface area contributed by atoms with Gasteiger partial charge in [0.05, 0.1) is 5.69 Å². The van der Waals surface area contributed by atoms with Crippen LogP contribution in [0, 0.1) is 0 Å². The molecule has 1 heterocycles. The molecule has 0 amide bonds. The van der Waals surface area contributed by atoms with Crippen LogP contribution in [0.25, 0.3) is 0 Å². The van der Waals surface area contributed by atoms with E-state index in [0.29, 0.717) is 12.1 Å². The van der Waals surface area contributed by atoms with Crippen LogP contribution in [0.4, 0.5) is 5.69 Å². The van der Waals surface area contributed by atoms with Crippen molar-refractivity contribution < 1.29 is 0 Å². The van der Waals surface area contributed by atoms with Gasteiger partial charge in [0.15, 0.2) is 0 Å². The Balaban J connectivity index is 2.16. The first-order valence-corrected chi connectivity index (χ1v) is 8.76. The number of benzene rings is 1. The third kappa shape index (κ3) is 4.21. The van der Waals surface area contributed by atoms with E-state index in [0.717, 1.165) is 13.1 Å². The summed E-state index contributed by atoms with van der Waals surface area (Å²) < 4.78 is 1.22. The van der Waals surface area contributed by atoms with E-state index in [4.69, 9.17) is 0 Å². The van der Waals surface area contributed by atoms with E-state index >= 15 is 0 Å². The van der Waals surface area contributed by atoms with Crippen molar-refractivity contribution >= 4 is 21.6 Å². The molecular formula is C17H28BrN3. The van der Waals surface area contributed by atoms with Crippen LogP contribution in [0.1, 0.15) is 38.3 Å². The number of likely N-dealkylation sites (N-methyl/N-ethyl adjacent to an activating group) is 1. The number of halogens is 1. The molecule has 0 radical (unpaired) electrons. The minimum absolute atomic E-state index is 0.400. The third-order valence-electron chi connectivity index (χ3n) is 4.24. The summed E-state index contributed by atoms with van der Waals surface area (Å²) in [5, 5.41) is 3.47. The second kappa shape index (κ2) is 7.61. The van der Waals surface area contributed by atoms with E-state index in [1.54, 1.807) is 0 Å². The topological polar surface area (TPSA) is 18.5 Å². The Bertz CT molecular complexity index is 461. The summed E-state index contributed by atoms with van der Waals surface area (Å²) in [7, 11) is 4.32. The lowest BCUT2D eigenvalue weighted by atomic mass is 10.1. The fraction of sp³-hybridized carbons (Fsp3) is 0.647. The molecular weight excluding hydrogens is 326 g/mol. The van der Waals surface area contributed by atoms with Crippen molar-refractivity contribution in [1.29, 1.82) is 0 Å². The van der Waals surface area contributed by atoms with Crippen LogP contribution in [0.15, 0.2) is 22.7 Å². The summed E-state index contributed by atoms with van der Waals surface area (Å²) in [4.78, 5) is 4.85. The number of hydrogen-bond donors (Lipinski definition) is 1. The molecule has 2 atom stereocenters. The Morgan fingerprint density at radius 1 is 1.43 bits per heavy atom. The maximum Gasteiger partial charge on any atom is 0.0513 e. The van der Waals surface area contributed by atoms with Crippen LogP contribution >= 0.6 is 15.9 Å². The second-order valence-corrected chi connectivity index (χ2v) is 7.10. The highest BCUT2D eigenvalue weighted by atomic mass is 79.9. The standard InChI is InChI=1S/C17H28BrN3/c1-5-19-13(2)14-8-9-17(16(18)11-14)21-10-6-7-15(21)12-20(3)4/h8-9,11,13,15,19H,5-7,10,12H2,1-4H3. The Kier molecular flexibility index (Phi) is 6.08. The molecule has 2 unspecified atom stereocenters. The molecule has 1 saturated heterocycles. The first-order valence-electron chi connectivity index (χ1n) is 7.97. The Morgan fingerprint density at radius 3 is 2.81 bits per heavy atom. The highest BCUT2D eigenvalue weighted by molar-refractivity contribution is 9.10. The summed E-state index contributed by atoms with van der Waals surface area (Å²) in [6.45, 7) is 7.66. The molecule has 1 fully saturated rings. The van der Waals surface area contributed by atoms with Gasteiger partial charge in [-0.2, -0.15) is 0 Å². The minimum atomic E-state index is 0.400. The molecule has 0 bridgehead atoms. The van der Waals surface area contributed by atoms with E-state index < -0.39 is 0 Å². The van der Waals surface area contributed by atoms with Gasteiger partial charge in [0, 0.05) is 29.6 Å². The molecule has 2 rings (SSSR count). The molecule has 3 nitrogen and oxygen atoms in total. The molecule has 0 aromatic heterocycles. The van der Waals surface area contributed by atoms with Gasteiger partial charge < -0.3 is 15.1 Å². The number of rotatable bonds is 6. The zero-order chi connectivity index (χ0) is 15.4. The van der Waals surface area contributed by atoms with Crippen LogP contribution in [0.3, 0.4) is 0 Å². The maximum atomic E-state index is 3.79. The van der Waals surface area contributed by atoms with Crippen molar-refractivity contribution in [3.05, 3.63) is 28.2 Å². The predicted molar refractivity (Wildman–Crippen MR) is 95.2 cm³/mol. The van der Waals surface area contributed by atoms with E-state index in [-0.39, 0.29) is 0 Å². The SMILES string of the molecule is CCNC(C)c1ccc(N2CCCC2CN(C)C)c(Br)c1. The molecule has 1 aliphatic heterocycles. The summed E-state index contributed by atoms with van der Waals surface area (Å²) >= 11 is 3.79. The van der Waals surface area contributed by atoms with Gasteiger partial charge in [0.2, 0.25) is 0 Å². The van der Waals surface area contributed by atoms with Gasteiger partial charge in [-0.25, -0.2) is 0 Å². The van der Waals surface area contributed by atoms with Gasteiger partial charge in [-0.1, -0.05) is 13.0 Å². The molecule has 1 N–H and O–H groups in total. The number of anilines is 1. The first kappa shape index (κ1) is 16.8. The summed E-state index contributed by atoms with van der Waals surface area (Å²) in [6, 6.07) is 7.85. The van der Waals surface area contributed by atoms with Crippen LogP contribution < -0.4 is 10.2 Å². The van der Waals surface area contributed by atoms with Crippen molar-refractivity contribution in [2.45, 2.75) is 38.8 Å². The van der Waals surface area contributed by atoms with E-state index in [2.05, 4.69) is 77.2 Å². The third-order valence-corrected chi connectivity index (χ3v) is 4.88. The van der Waals surface area contributed by atoms with Gasteiger partial charge in [-0.15, -0.1) is 0 Å². The molecule has 0 aliphatic carbocycles. The lowest BCUT2D eigenvalue weighted by molar-refractivity contribution is 0.372. The van der Waals surface area contributed by atoms with Crippen LogP contribution in [0.5, 0.6) is 0 Å². The van der Waals surface area contributed by atoms with Gasteiger partial charge in [-0.3, -0.25) is 0 Å². The second-order valence-electron chi connectivity index (χ2n) is 6.24. The zero-order valence-electron chi connectivity index (χ0n) is 13.7. The first-order chi connectivity index (χ1) is 10.0. The summed E-state index contributed by atoms with van der Waals surface area (Å²) in [5.41, 5.74) is 2.68. The highest BCUT2D eigenvalue weighted by Gasteiger charge is 2.26. The molecule has 1 aliphatic rings. The lowest BCUT2D eigenvalue weighted by Gasteiger charge is -2.30. The van der Waals surface area contributed by atoms with Crippen molar-refractivity contribution in [1.82, 2.24) is 10.2 Å². The average molecular weight is 354 g/mol. The average Bonchev–Trinajstić information content (AvgIpc) is 2.86. The van der Waals surface area contributed by atoms with Gasteiger partial charge >= 0.3 is 0 Å². The van der Waals surface area contributed by atoms with Crippen molar-refractivity contribution in [3.8, 4) is 0 Å². The molecule has 1 aromatic rings. The highest BCUT2D eigenvalue weighted by Crippen LogP contribution is 2.34. The van der Waals surface area contributed by atoms with Crippen LogP contribution in [-0.2, 0) is 0 Å². The summed E-state index contributed by atoms with van der Waals surface area (Å²) in [5.74, 6) is 0. The largest absolute Gasteiger partial charge is 0.366 e. The number of nitrogens with zero attached hydrogens (tertiary/aromatic N) is 2. The molecule has 21 heavy (non-hydrogen) atoms. The number of hydrogen-bond acceptors (Lipinski definition) is 3. The molecule has 0 saturated carbocycles. The Hall–Kier alpha value is -0.580. The van der Waals surface area contributed by atoms with E-state index in [1.807, 2.05) is 0 Å². The molecule has 118 valence electrons. The zero-order valence-corrected chi connectivity index (χ0v) is 15.3. The fourth-order valence-electron chi connectivity index (χ4n) is 3.21. The Labute approximate surface area is 137 Å².